The maximum atomic E-state index is 11.0. The van der Waals surface area contributed by atoms with Gasteiger partial charge in [0.1, 0.15) is 0 Å². The van der Waals surface area contributed by atoms with E-state index in [0.717, 1.165) is 11.1 Å². The average Bonchev–Trinajstić information content (AvgIpc) is 2.39. The molecule has 1 N–H and O–H groups in total. The molecule has 0 spiro atoms. The standard InChI is InChI=1S/C11H13NO2/c1-11(2)9-6-4-3-5-8(9)7-12(11)10(13)14/h3-6H,7H2,1-2H3,(H,13,14). The molecular formula is C11H13NO2. The number of carbonyl (C=O) groups is 1. The zero-order chi connectivity index (χ0) is 10.3. The lowest BCUT2D eigenvalue weighted by Gasteiger charge is -2.29. The Labute approximate surface area is 83.0 Å². The molecule has 0 radical (unpaired) electrons. The maximum absolute atomic E-state index is 11.0. The van der Waals surface area contributed by atoms with E-state index in [0.29, 0.717) is 6.54 Å². The summed E-state index contributed by atoms with van der Waals surface area (Å²) in [6, 6.07) is 7.88. The van der Waals surface area contributed by atoms with E-state index < -0.39 is 11.6 Å². The number of fused-ring (bicyclic) bond motifs is 1. The molecule has 14 heavy (non-hydrogen) atoms. The van der Waals surface area contributed by atoms with Gasteiger partial charge < -0.3 is 5.11 Å². The fraction of sp³-hybridized carbons (Fsp3) is 0.364. The van der Waals surface area contributed by atoms with Crippen LogP contribution in [0.5, 0.6) is 0 Å². The molecule has 0 saturated carbocycles. The smallest absolute Gasteiger partial charge is 0.408 e. The Morgan fingerprint density at radius 1 is 1.43 bits per heavy atom. The average molecular weight is 191 g/mol. The van der Waals surface area contributed by atoms with Crippen LogP contribution in [0.1, 0.15) is 25.0 Å². The zero-order valence-electron chi connectivity index (χ0n) is 8.32. The van der Waals surface area contributed by atoms with Gasteiger partial charge in [-0.25, -0.2) is 4.79 Å². The number of hydrogen-bond donors (Lipinski definition) is 1. The molecule has 0 unspecified atom stereocenters. The first kappa shape index (κ1) is 9.06. The van der Waals surface area contributed by atoms with Crippen molar-refractivity contribution in [1.82, 2.24) is 4.90 Å². The first-order chi connectivity index (χ1) is 6.53. The zero-order valence-corrected chi connectivity index (χ0v) is 8.32. The highest BCUT2D eigenvalue weighted by molar-refractivity contribution is 5.68. The van der Waals surface area contributed by atoms with E-state index in [-0.39, 0.29) is 0 Å². The Morgan fingerprint density at radius 3 is 2.64 bits per heavy atom. The largest absolute Gasteiger partial charge is 0.465 e. The normalized spacial score (nSPS) is 18.0. The van der Waals surface area contributed by atoms with E-state index in [2.05, 4.69) is 0 Å². The highest BCUT2D eigenvalue weighted by Crippen LogP contribution is 2.38. The van der Waals surface area contributed by atoms with Crippen LogP contribution in [0.4, 0.5) is 4.79 Å². The molecular weight excluding hydrogens is 178 g/mol. The second-order valence-electron chi connectivity index (χ2n) is 4.08. The Morgan fingerprint density at radius 2 is 2.07 bits per heavy atom. The fourth-order valence-electron chi connectivity index (χ4n) is 2.08. The SMILES string of the molecule is CC1(C)c2ccccc2CN1C(=O)O. The highest BCUT2D eigenvalue weighted by Gasteiger charge is 2.39. The van der Waals surface area contributed by atoms with Crippen molar-refractivity contribution in [2.45, 2.75) is 25.9 Å². The van der Waals surface area contributed by atoms with Gasteiger partial charge in [-0.2, -0.15) is 0 Å². The molecule has 1 aromatic rings. The lowest BCUT2D eigenvalue weighted by atomic mass is 9.94. The van der Waals surface area contributed by atoms with Crippen LogP contribution in [-0.2, 0) is 12.1 Å². The number of nitrogens with zero attached hydrogens (tertiary/aromatic N) is 1. The molecule has 1 amide bonds. The van der Waals surface area contributed by atoms with Gasteiger partial charge in [-0.1, -0.05) is 24.3 Å². The van der Waals surface area contributed by atoms with Crippen molar-refractivity contribution in [2.24, 2.45) is 0 Å². The van der Waals surface area contributed by atoms with Gasteiger partial charge in [0, 0.05) is 0 Å². The van der Waals surface area contributed by atoms with E-state index in [9.17, 15) is 4.79 Å². The van der Waals surface area contributed by atoms with Crippen molar-refractivity contribution >= 4 is 6.09 Å². The molecule has 0 saturated heterocycles. The van der Waals surface area contributed by atoms with E-state index in [4.69, 9.17) is 5.11 Å². The number of hydrogen-bond acceptors (Lipinski definition) is 1. The summed E-state index contributed by atoms with van der Waals surface area (Å²) in [6.07, 6.45) is -0.855. The molecule has 0 aromatic heterocycles. The topological polar surface area (TPSA) is 40.5 Å². The van der Waals surface area contributed by atoms with E-state index in [1.54, 1.807) is 0 Å². The first-order valence-corrected chi connectivity index (χ1v) is 4.62. The van der Waals surface area contributed by atoms with Gasteiger partial charge >= 0.3 is 6.09 Å². The number of rotatable bonds is 0. The molecule has 3 nitrogen and oxygen atoms in total. The van der Waals surface area contributed by atoms with Crippen molar-refractivity contribution in [3.8, 4) is 0 Å². The summed E-state index contributed by atoms with van der Waals surface area (Å²) >= 11 is 0. The molecule has 3 heteroatoms. The van der Waals surface area contributed by atoms with Crippen LogP contribution in [0.15, 0.2) is 24.3 Å². The minimum absolute atomic E-state index is 0.400. The van der Waals surface area contributed by atoms with Crippen LogP contribution in [0.3, 0.4) is 0 Å². The summed E-state index contributed by atoms with van der Waals surface area (Å²) in [4.78, 5) is 12.5. The van der Waals surface area contributed by atoms with Gasteiger partial charge in [-0.15, -0.1) is 0 Å². The monoisotopic (exact) mass is 191 g/mol. The third kappa shape index (κ3) is 1.09. The van der Waals surface area contributed by atoms with Crippen molar-refractivity contribution in [1.29, 1.82) is 0 Å². The van der Waals surface area contributed by atoms with Gasteiger partial charge in [0.05, 0.1) is 12.1 Å². The minimum atomic E-state index is -0.855. The Hall–Kier alpha value is -1.51. The summed E-state index contributed by atoms with van der Waals surface area (Å²) in [5.74, 6) is 0. The molecule has 0 bridgehead atoms. The summed E-state index contributed by atoms with van der Waals surface area (Å²) in [6.45, 7) is 4.37. The van der Waals surface area contributed by atoms with Gasteiger partial charge in [0.25, 0.3) is 0 Å². The van der Waals surface area contributed by atoms with Crippen LogP contribution in [0, 0.1) is 0 Å². The third-order valence-corrected chi connectivity index (χ3v) is 2.91. The molecule has 1 aliphatic heterocycles. The van der Waals surface area contributed by atoms with Gasteiger partial charge in [-0.05, 0) is 25.0 Å². The quantitative estimate of drug-likeness (QED) is 0.684. The van der Waals surface area contributed by atoms with Crippen molar-refractivity contribution in [2.75, 3.05) is 0 Å². The lowest BCUT2D eigenvalue weighted by Crippen LogP contribution is -2.39. The fourth-order valence-corrected chi connectivity index (χ4v) is 2.08. The third-order valence-electron chi connectivity index (χ3n) is 2.91. The van der Waals surface area contributed by atoms with Crippen LogP contribution < -0.4 is 0 Å². The minimum Gasteiger partial charge on any atom is -0.465 e. The Balaban J connectivity index is 2.50. The maximum Gasteiger partial charge on any atom is 0.408 e. The predicted octanol–water partition coefficient (Wildman–Crippen LogP) is 2.42. The summed E-state index contributed by atoms with van der Waals surface area (Å²) < 4.78 is 0. The molecule has 0 fully saturated rings. The molecule has 0 aliphatic carbocycles. The summed E-state index contributed by atoms with van der Waals surface area (Å²) in [5.41, 5.74) is 1.82. The Kier molecular flexibility index (Phi) is 1.77. The number of carboxylic acid groups (broad SMARTS) is 1. The van der Waals surface area contributed by atoms with Crippen LogP contribution in [-0.4, -0.2) is 16.1 Å². The lowest BCUT2D eigenvalue weighted by molar-refractivity contribution is 0.0997. The van der Waals surface area contributed by atoms with Crippen molar-refractivity contribution < 1.29 is 9.90 Å². The van der Waals surface area contributed by atoms with Crippen molar-refractivity contribution in [3.63, 3.8) is 0 Å². The highest BCUT2D eigenvalue weighted by atomic mass is 16.4. The molecule has 0 atom stereocenters. The second kappa shape index (κ2) is 2.74. The second-order valence-corrected chi connectivity index (χ2v) is 4.08. The molecule has 74 valence electrons. The van der Waals surface area contributed by atoms with E-state index in [1.807, 2.05) is 38.1 Å². The number of amides is 1. The molecule has 1 heterocycles. The first-order valence-electron chi connectivity index (χ1n) is 4.62. The molecule has 1 aliphatic rings. The van der Waals surface area contributed by atoms with Crippen molar-refractivity contribution in [3.05, 3.63) is 35.4 Å². The molecule has 1 aromatic carbocycles. The Bertz CT molecular complexity index is 385. The van der Waals surface area contributed by atoms with E-state index in [1.165, 1.54) is 4.90 Å². The molecule has 2 rings (SSSR count). The predicted molar refractivity (Wildman–Crippen MR) is 53.0 cm³/mol. The number of benzene rings is 1. The summed E-state index contributed by atoms with van der Waals surface area (Å²) in [7, 11) is 0. The van der Waals surface area contributed by atoms with E-state index >= 15 is 0 Å². The van der Waals surface area contributed by atoms with Crippen LogP contribution in [0.25, 0.3) is 0 Å². The summed E-state index contributed by atoms with van der Waals surface area (Å²) in [5, 5.41) is 9.05. The van der Waals surface area contributed by atoms with Crippen LogP contribution >= 0.6 is 0 Å². The van der Waals surface area contributed by atoms with Gasteiger partial charge in [-0.3, -0.25) is 4.90 Å². The van der Waals surface area contributed by atoms with Gasteiger partial charge in [0.2, 0.25) is 0 Å². The van der Waals surface area contributed by atoms with Crippen LogP contribution in [0.2, 0.25) is 0 Å². The van der Waals surface area contributed by atoms with Gasteiger partial charge in [0.15, 0.2) is 0 Å².